The van der Waals surface area contributed by atoms with Crippen molar-refractivity contribution < 1.29 is 4.79 Å². The van der Waals surface area contributed by atoms with E-state index >= 15 is 0 Å². The fraction of sp³-hybridized carbons (Fsp3) is 0.312. The van der Waals surface area contributed by atoms with Crippen LogP contribution in [-0.4, -0.2) is 22.4 Å². The molecule has 0 saturated carbocycles. The van der Waals surface area contributed by atoms with Crippen molar-refractivity contribution in [2.45, 2.75) is 26.7 Å². The Labute approximate surface area is 124 Å². The molecule has 21 heavy (non-hydrogen) atoms. The molecular formula is C16H20N4O. The van der Waals surface area contributed by atoms with E-state index in [1.807, 2.05) is 31.2 Å². The highest BCUT2D eigenvalue weighted by atomic mass is 16.1. The minimum atomic E-state index is -0.204. The fourth-order valence-electron chi connectivity index (χ4n) is 1.82. The second-order valence-corrected chi connectivity index (χ2v) is 4.84. The average molecular weight is 284 g/mol. The van der Waals surface area contributed by atoms with Gasteiger partial charge in [0.05, 0.1) is 5.56 Å². The molecule has 1 aromatic carbocycles. The molecule has 0 radical (unpaired) electrons. The number of aromatic nitrogens is 2. The molecule has 0 bridgehead atoms. The maximum Gasteiger partial charge on any atom is 0.258 e. The standard InChI is InChI=1S/C16H20N4O/c1-3-4-9-17-16-18-10-13(11-19-16)15(21)20-14-8-6-5-7-12(14)2/h5-8,10-11H,3-4,9H2,1-2H3,(H,20,21)(H,17,18,19). The van der Waals surface area contributed by atoms with Crippen LogP contribution >= 0.6 is 0 Å². The number of rotatable bonds is 6. The summed E-state index contributed by atoms with van der Waals surface area (Å²) in [6, 6.07) is 7.65. The summed E-state index contributed by atoms with van der Waals surface area (Å²) in [7, 11) is 0. The van der Waals surface area contributed by atoms with Crippen LogP contribution in [0.4, 0.5) is 11.6 Å². The van der Waals surface area contributed by atoms with E-state index in [-0.39, 0.29) is 5.91 Å². The molecule has 1 heterocycles. The van der Waals surface area contributed by atoms with Crippen LogP contribution in [-0.2, 0) is 0 Å². The summed E-state index contributed by atoms with van der Waals surface area (Å²) in [4.78, 5) is 20.4. The molecule has 2 rings (SSSR count). The van der Waals surface area contributed by atoms with Crippen molar-refractivity contribution in [2.24, 2.45) is 0 Å². The van der Waals surface area contributed by atoms with Gasteiger partial charge >= 0.3 is 0 Å². The van der Waals surface area contributed by atoms with Crippen LogP contribution in [0, 0.1) is 6.92 Å². The Kier molecular flexibility index (Phi) is 5.26. The molecule has 0 aliphatic heterocycles. The second kappa shape index (κ2) is 7.38. The molecule has 0 unspecified atom stereocenters. The molecule has 0 saturated heterocycles. The first kappa shape index (κ1) is 15.0. The average Bonchev–Trinajstić information content (AvgIpc) is 2.50. The highest BCUT2D eigenvalue weighted by Gasteiger charge is 2.08. The number of benzene rings is 1. The van der Waals surface area contributed by atoms with Crippen LogP contribution in [0.15, 0.2) is 36.7 Å². The Morgan fingerprint density at radius 2 is 1.90 bits per heavy atom. The highest BCUT2D eigenvalue weighted by molar-refractivity contribution is 6.04. The Morgan fingerprint density at radius 1 is 1.19 bits per heavy atom. The molecule has 2 aromatic rings. The number of carbonyl (C=O) groups is 1. The van der Waals surface area contributed by atoms with Crippen molar-refractivity contribution in [1.29, 1.82) is 0 Å². The quantitative estimate of drug-likeness (QED) is 0.799. The lowest BCUT2D eigenvalue weighted by Gasteiger charge is -2.08. The maximum atomic E-state index is 12.1. The van der Waals surface area contributed by atoms with E-state index in [1.165, 1.54) is 12.4 Å². The highest BCUT2D eigenvalue weighted by Crippen LogP contribution is 2.14. The monoisotopic (exact) mass is 284 g/mol. The number of amides is 1. The van der Waals surface area contributed by atoms with Gasteiger partial charge in [0.15, 0.2) is 0 Å². The van der Waals surface area contributed by atoms with Crippen molar-refractivity contribution in [3.8, 4) is 0 Å². The molecule has 5 nitrogen and oxygen atoms in total. The molecular weight excluding hydrogens is 264 g/mol. The van der Waals surface area contributed by atoms with Crippen LogP contribution in [0.1, 0.15) is 35.7 Å². The van der Waals surface area contributed by atoms with E-state index in [4.69, 9.17) is 0 Å². The third-order valence-corrected chi connectivity index (χ3v) is 3.12. The number of nitrogens with one attached hydrogen (secondary N) is 2. The summed E-state index contributed by atoms with van der Waals surface area (Å²) in [5.41, 5.74) is 2.26. The van der Waals surface area contributed by atoms with E-state index in [0.29, 0.717) is 11.5 Å². The van der Waals surface area contributed by atoms with Gasteiger partial charge in [-0.15, -0.1) is 0 Å². The van der Waals surface area contributed by atoms with E-state index < -0.39 is 0 Å². The fourth-order valence-corrected chi connectivity index (χ4v) is 1.82. The summed E-state index contributed by atoms with van der Waals surface area (Å²) < 4.78 is 0. The van der Waals surface area contributed by atoms with Gasteiger partial charge in [0.25, 0.3) is 5.91 Å². The minimum absolute atomic E-state index is 0.204. The number of para-hydroxylation sites is 1. The normalized spacial score (nSPS) is 10.2. The number of unbranched alkanes of at least 4 members (excludes halogenated alkanes) is 1. The molecule has 0 aliphatic carbocycles. The van der Waals surface area contributed by atoms with Crippen LogP contribution in [0.25, 0.3) is 0 Å². The van der Waals surface area contributed by atoms with Crippen LogP contribution in [0.2, 0.25) is 0 Å². The van der Waals surface area contributed by atoms with Crippen molar-refractivity contribution >= 4 is 17.5 Å². The molecule has 0 aliphatic rings. The smallest absolute Gasteiger partial charge is 0.258 e. The molecule has 0 spiro atoms. The third-order valence-electron chi connectivity index (χ3n) is 3.12. The molecule has 0 fully saturated rings. The Bertz CT molecular complexity index is 595. The zero-order chi connectivity index (χ0) is 15.1. The number of anilines is 2. The van der Waals surface area contributed by atoms with Gasteiger partial charge in [-0.05, 0) is 25.0 Å². The molecule has 110 valence electrons. The lowest BCUT2D eigenvalue weighted by atomic mass is 10.2. The molecule has 5 heteroatoms. The van der Waals surface area contributed by atoms with Gasteiger partial charge < -0.3 is 10.6 Å². The Morgan fingerprint density at radius 3 is 2.57 bits per heavy atom. The number of carbonyl (C=O) groups excluding carboxylic acids is 1. The summed E-state index contributed by atoms with van der Waals surface area (Å²) in [6.07, 6.45) is 5.26. The summed E-state index contributed by atoms with van der Waals surface area (Å²) in [6.45, 7) is 4.92. The van der Waals surface area contributed by atoms with E-state index in [1.54, 1.807) is 0 Å². The van der Waals surface area contributed by atoms with E-state index in [2.05, 4.69) is 27.5 Å². The Balaban J connectivity index is 1.98. The van der Waals surface area contributed by atoms with Crippen LogP contribution in [0.3, 0.4) is 0 Å². The van der Waals surface area contributed by atoms with Gasteiger partial charge in [0, 0.05) is 24.6 Å². The van der Waals surface area contributed by atoms with Gasteiger partial charge in [-0.2, -0.15) is 0 Å². The van der Waals surface area contributed by atoms with Crippen molar-refractivity contribution in [2.75, 3.05) is 17.2 Å². The second-order valence-electron chi connectivity index (χ2n) is 4.84. The first-order chi connectivity index (χ1) is 10.2. The summed E-state index contributed by atoms with van der Waals surface area (Å²) >= 11 is 0. The predicted molar refractivity (Wildman–Crippen MR) is 84.6 cm³/mol. The first-order valence-electron chi connectivity index (χ1n) is 7.13. The zero-order valence-electron chi connectivity index (χ0n) is 12.4. The number of hydrogen-bond acceptors (Lipinski definition) is 4. The van der Waals surface area contributed by atoms with Crippen molar-refractivity contribution in [3.63, 3.8) is 0 Å². The number of nitrogens with zero attached hydrogens (tertiary/aromatic N) is 2. The topological polar surface area (TPSA) is 66.9 Å². The molecule has 2 N–H and O–H groups in total. The van der Waals surface area contributed by atoms with E-state index in [0.717, 1.165) is 30.6 Å². The van der Waals surface area contributed by atoms with Gasteiger partial charge in [-0.25, -0.2) is 9.97 Å². The molecule has 0 atom stereocenters. The van der Waals surface area contributed by atoms with Crippen molar-refractivity contribution in [3.05, 3.63) is 47.8 Å². The van der Waals surface area contributed by atoms with Gasteiger partial charge in [-0.3, -0.25) is 4.79 Å². The van der Waals surface area contributed by atoms with Crippen LogP contribution in [0.5, 0.6) is 0 Å². The SMILES string of the molecule is CCCCNc1ncc(C(=O)Nc2ccccc2C)cn1. The van der Waals surface area contributed by atoms with E-state index in [9.17, 15) is 4.79 Å². The maximum absolute atomic E-state index is 12.1. The predicted octanol–water partition coefficient (Wildman–Crippen LogP) is 3.25. The lowest BCUT2D eigenvalue weighted by molar-refractivity contribution is 0.102. The molecule has 1 amide bonds. The van der Waals surface area contributed by atoms with Crippen LogP contribution < -0.4 is 10.6 Å². The Hall–Kier alpha value is -2.43. The lowest BCUT2D eigenvalue weighted by Crippen LogP contribution is -2.14. The van der Waals surface area contributed by atoms with Gasteiger partial charge in [-0.1, -0.05) is 31.5 Å². The molecule has 1 aromatic heterocycles. The number of hydrogen-bond donors (Lipinski definition) is 2. The zero-order valence-corrected chi connectivity index (χ0v) is 12.4. The largest absolute Gasteiger partial charge is 0.354 e. The number of aryl methyl sites for hydroxylation is 1. The van der Waals surface area contributed by atoms with Gasteiger partial charge in [0.2, 0.25) is 5.95 Å². The minimum Gasteiger partial charge on any atom is -0.354 e. The summed E-state index contributed by atoms with van der Waals surface area (Å²) in [5, 5.41) is 5.98. The third kappa shape index (κ3) is 4.27. The van der Waals surface area contributed by atoms with Gasteiger partial charge in [0.1, 0.15) is 0 Å². The summed E-state index contributed by atoms with van der Waals surface area (Å²) in [5.74, 6) is 0.347. The van der Waals surface area contributed by atoms with Crippen molar-refractivity contribution in [1.82, 2.24) is 9.97 Å². The first-order valence-corrected chi connectivity index (χ1v) is 7.13.